The van der Waals surface area contributed by atoms with E-state index in [1.165, 1.54) is 5.56 Å². The van der Waals surface area contributed by atoms with Gasteiger partial charge < -0.3 is 19.5 Å². The van der Waals surface area contributed by atoms with E-state index in [4.69, 9.17) is 14.2 Å². The van der Waals surface area contributed by atoms with Crippen molar-refractivity contribution in [1.29, 1.82) is 0 Å². The topological polar surface area (TPSA) is 56.8 Å². The van der Waals surface area contributed by atoms with Crippen LogP contribution in [0.1, 0.15) is 22.3 Å². The molecular weight excluding hydrogens is 378 g/mol. The van der Waals surface area contributed by atoms with Gasteiger partial charge in [-0.1, -0.05) is 42.5 Å². The molecule has 5 nitrogen and oxygen atoms in total. The van der Waals surface area contributed by atoms with E-state index in [1.807, 2.05) is 54.6 Å². The largest absolute Gasteiger partial charge is 0.494 e. The minimum Gasteiger partial charge on any atom is -0.494 e. The first-order chi connectivity index (χ1) is 14.8. The maximum atomic E-state index is 12.6. The molecule has 0 saturated heterocycles. The number of rotatable bonds is 11. The lowest BCUT2D eigenvalue weighted by atomic mass is 10.1. The molecule has 0 heterocycles. The molecule has 3 aromatic carbocycles. The Labute approximate surface area is 177 Å². The Hall–Kier alpha value is -3.31. The van der Waals surface area contributed by atoms with Gasteiger partial charge in [-0.3, -0.25) is 4.79 Å². The number of amides is 1. The summed E-state index contributed by atoms with van der Waals surface area (Å²) in [5, 5.41) is 2.90. The fourth-order valence-electron chi connectivity index (χ4n) is 2.96. The molecule has 0 aliphatic carbocycles. The van der Waals surface area contributed by atoms with Gasteiger partial charge in [-0.25, -0.2) is 0 Å². The van der Waals surface area contributed by atoms with Crippen LogP contribution in [-0.2, 0) is 11.2 Å². The Morgan fingerprint density at radius 3 is 2.30 bits per heavy atom. The molecule has 30 heavy (non-hydrogen) atoms. The lowest BCUT2D eigenvalue weighted by Crippen LogP contribution is -2.14. The normalized spacial score (nSPS) is 10.4. The Morgan fingerprint density at radius 1 is 0.800 bits per heavy atom. The van der Waals surface area contributed by atoms with Crippen LogP contribution in [0.3, 0.4) is 0 Å². The zero-order valence-corrected chi connectivity index (χ0v) is 17.2. The third kappa shape index (κ3) is 6.64. The van der Waals surface area contributed by atoms with Crippen LogP contribution in [0, 0.1) is 0 Å². The van der Waals surface area contributed by atoms with Crippen LogP contribution in [0.4, 0.5) is 5.69 Å². The van der Waals surface area contributed by atoms with Crippen molar-refractivity contribution in [3.63, 3.8) is 0 Å². The van der Waals surface area contributed by atoms with Crippen molar-refractivity contribution in [2.45, 2.75) is 12.8 Å². The van der Waals surface area contributed by atoms with Crippen LogP contribution in [0.15, 0.2) is 78.9 Å². The van der Waals surface area contributed by atoms with E-state index in [9.17, 15) is 4.79 Å². The highest BCUT2D eigenvalue weighted by Crippen LogP contribution is 2.21. The van der Waals surface area contributed by atoms with E-state index in [2.05, 4.69) is 17.4 Å². The van der Waals surface area contributed by atoms with Gasteiger partial charge >= 0.3 is 0 Å². The molecule has 0 aliphatic rings. The molecule has 0 aliphatic heterocycles. The lowest BCUT2D eigenvalue weighted by molar-refractivity contribution is 0.101. The van der Waals surface area contributed by atoms with Gasteiger partial charge in [0, 0.05) is 12.8 Å². The van der Waals surface area contributed by atoms with Crippen molar-refractivity contribution in [2.75, 3.05) is 32.2 Å². The van der Waals surface area contributed by atoms with Gasteiger partial charge in [-0.15, -0.1) is 0 Å². The summed E-state index contributed by atoms with van der Waals surface area (Å²) in [5.74, 6) is 1.09. The number of ether oxygens (including phenoxy) is 3. The maximum Gasteiger partial charge on any atom is 0.259 e. The number of hydrogen-bond acceptors (Lipinski definition) is 4. The number of carbonyl (C=O) groups is 1. The second-order valence-electron chi connectivity index (χ2n) is 6.75. The summed E-state index contributed by atoms with van der Waals surface area (Å²) in [7, 11) is 1.61. The predicted octanol–water partition coefficient (Wildman–Crippen LogP) is 4.98. The van der Waals surface area contributed by atoms with Crippen LogP contribution in [0.5, 0.6) is 11.5 Å². The number of aryl methyl sites for hydroxylation is 1. The molecule has 3 rings (SSSR count). The average molecular weight is 405 g/mol. The molecular formula is C25H27NO4. The van der Waals surface area contributed by atoms with Gasteiger partial charge in [0.2, 0.25) is 0 Å². The molecule has 0 aromatic heterocycles. The minimum atomic E-state index is -0.223. The fourth-order valence-corrected chi connectivity index (χ4v) is 2.96. The lowest BCUT2D eigenvalue weighted by Gasteiger charge is -2.12. The first-order valence-corrected chi connectivity index (χ1v) is 10.0. The number of methoxy groups -OCH3 is 1. The van der Waals surface area contributed by atoms with Gasteiger partial charge in [0.15, 0.2) is 0 Å². The molecule has 0 unspecified atom stereocenters. The summed E-state index contributed by atoms with van der Waals surface area (Å²) in [6.07, 6.45) is 1.93. The highest BCUT2D eigenvalue weighted by Gasteiger charge is 2.12. The van der Waals surface area contributed by atoms with Crippen molar-refractivity contribution in [1.82, 2.24) is 0 Å². The van der Waals surface area contributed by atoms with Crippen LogP contribution >= 0.6 is 0 Å². The summed E-state index contributed by atoms with van der Waals surface area (Å²) >= 11 is 0. The first kappa shape index (κ1) is 21.4. The minimum absolute atomic E-state index is 0.223. The van der Waals surface area contributed by atoms with Crippen LogP contribution in [-0.4, -0.2) is 32.8 Å². The Balaban J connectivity index is 1.49. The van der Waals surface area contributed by atoms with Gasteiger partial charge in [-0.2, -0.15) is 0 Å². The smallest absolute Gasteiger partial charge is 0.259 e. The standard InChI is InChI=1S/C25H27NO4/c1-28-18-19-30-24-12-6-5-11-23(24)25(27)26-21-13-15-22(16-14-21)29-17-7-10-20-8-3-2-4-9-20/h2-6,8-9,11-16H,7,10,17-19H2,1H3,(H,26,27). The second-order valence-corrected chi connectivity index (χ2v) is 6.75. The molecule has 0 saturated carbocycles. The number of nitrogens with one attached hydrogen (secondary N) is 1. The fraction of sp³-hybridized carbons (Fsp3) is 0.240. The zero-order chi connectivity index (χ0) is 21.0. The van der Waals surface area contributed by atoms with E-state index in [0.717, 1.165) is 18.6 Å². The SMILES string of the molecule is COCCOc1ccccc1C(=O)Nc1ccc(OCCCc2ccccc2)cc1. The molecule has 156 valence electrons. The van der Waals surface area contributed by atoms with Crippen molar-refractivity contribution in [3.05, 3.63) is 90.0 Å². The van der Waals surface area contributed by atoms with Gasteiger partial charge in [0.25, 0.3) is 5.91 Å². The quantitative estimate of drug-likeness (QED) is 0.457. The summed E-state index contributed by atoms with van der Waals surface area (Å²) in [5.41, 5.74) is 2.49. The summed E-state index contributed by atoms with van der Waals surface area (Å²) < 4.78 is 16.4. The molecule has 0 radical (unpaired) electrons. The number of hydrogen-bond donors (Lipinski definition) is 1. The average Bonchev–Trinajstić information content (AvgIpc) is 2.79. The molecule has 3 aromatic rings. The molecule has 0 spiro atoms. The van der Waals surface area contributed by atoms with E-state index in [0.29, 0.717) is 36.8 Å². The Bertz CT molecular complexity index is 910. The number of para-hydroxylation sites is 1. The van der Waals surface area contributed by atoms with Crippen LogP contribution in [0.2, 0.25) is 0 Å². The summed E-state index contributed by atoms with van der Waals surface area (Å²) in [6.45, 7) is 1.49. The Morgan fingerprint density at radius 2 is 1.53 bits per heavy atom. The monoisotopic (exact) mass is 405 g/mol. The van der Waals surface area contributed by atoms with Gasteiger partial charge in [-0.05, 0) is 54.8 Å². The van der Waals surface area contributed by atoms with Crippen LogP contribution < -0.4 is 14.8 Å². The molecule has 0 atom stereocenters. The van der Waals surface area contributed by atoms with Crippen molar-refractivity contribution >= 4 is 11.6 Å². The maximum absolute atomic E-state index is 12.6. The van der Waals surface area contributed by atoms with E-state index < -0.39 is 0 Å². The number of carbonyl (C=O) groups excluding carboxylic acids is 1. The summed E-state index contributed by atoms with van der Waals surface area (Å²) in [4.78, 5) is 12.6. The molecule has 0 bridgehead atoms. The van der Waals surface area contributed by atoms with Gasteiger partial charge in [0.1, 0.15) is 18.1 Å². The third-order valence-corrected chi connectivity index (χ3v) is 4.51. The first-order valence-electron chi connectivity index (χ1n) is 10.0. The van der Waals surface area contributed by atoms with Crippen LogP contribution in [0.25, 0.3) is 0 Å². The second kappa shape index (κ2) is 11.6. The molecule has 1 N–H and O–H groups in total. The van der Waals surface area contributed by atoms with E-state index in [1.54, 1.807) is 19.2 Å². The van der Waals surface area contributed by atoms with E-state index >= 15 is 0 Å². The Kier molecular flexibility index (Phi) is 8.30. The highest BCUT2D eigenvalue weighted by atomic mass is 16.5. The summed E-state index contributed by atoms with van der Waals surface area (Å²) in [6, 6.07) is 24.9. The highest BCUT2D eigenvalue weighted by molar-refractivity contribution is 6.06. The predicted molar refractivity (Wildman–Crippen MR) is 118 cm³/mol. The molecule has 1 amide bonds. The van der Waals surface area contributed by atoms with Crippen molar-refractivity contribution in [3.8, 4) is 11.5 Å². The number of benzene rings is 3. The zero-order valence-electron chi connectivity index (χ0n) is 17.2. The van der Waals surface area contributed by atoms with Crippen molar-refractivity contribution < 1.29 is 19.0 Å². The van der Waals surface area contributed by atoms with E-state index in [-0.39, 0.29) is 5.91 Å². The molecule has 0 fully saturated rings. The number of anilines is 1. The molecule has 5 heteroatoms. The van der Waals surface area contributed by atoms with Gasteiger partial charge in [0.05, 0.1) is 18.8 Å². The third-order valence-electron chi connectivity index (χ3n) is 4.51. The van der Waals surface area contributed by atoms with Crippen molar-refractivity contribution in [2.24, 2.45) is 0 Å².